The van der Waals surface area contributed by atoms with Crippen molar-refractivity contribution in [2.24, 2.45) is 0 Å². The number of anilines is 1. The molecule has 0 heterocycles. The minimum absolute atomic E-state index is 0.0345. The number of halogens is 1. The summed E-state index contributed by atoms with van der Waals surface area (Å²) in [5.41, 5.74) is 2.37. The molecule has 0 fully saturated rings. The maximum absolute atomic E-state index is 12.3. The van der Waals surface area contributed by atoms with Crippen molar-refractivity contribution in [3.8, 4) is 11.8 Å². The van der Waals surface area contributed by atoms with Crippen molar-refractivity contribution in [3.63, 3.8) is 0 Å². The van der Waals surface area contributed by atoms with Gasteiger partial charge >= 0.3 is 0 Å². The number of aromatic hydroxyl groups is 1. The standard InChI is InChI=1S/C20H20ClN3O2/c1-3-14-4-6-15(7-5-14)13(2)24-20(26)16(11-22)12-23-18-10-17(21)8-9-19(18)25/h4-10,12-13,23,25H,3H2,1-2H3,(H,24,26)/b16-12-. The molecule has 0 saturated carbocycles. The van der Waals surface area contributed by atoms with Crippen LogP contribution in [-0.2, 0) is 11.2 Å². The van der Waals surface area contributed by atoms with Crippen molar-refractivity contribution in [1.29, 1.82) is 5.26 Å². The third-order valence-electron chi connectivity index (χ3n) is 3.93. The molecule has 3 N–H and O–H groups in total. The van der Waals surface area contributed by atoms with E-state index in [1.807, 2.05) is 37.3 Å². The molecule has 0 aliphatic rings. The quantitative estimate of drug-likeness (QED) is 0.402. The summed E-state index contributed by atoms with van der Waals surface area (Å²) >= 11 is 5.87. The van der Waals surface area contributed by atoms with Gasteiger partial charge in [0.2, 0.25) is 0 Å². The number of benzene rings is 2. The molecule has 0 aliphatic carbocycles. The van der Waals surface area contributed by atoms with E-state index in [1.165, 1.54) is 30.0 Å². The zero-order valence-electron chi connectivity index (χ0n) is 14.6. The normalized spacial score (nSPS) is 12.2. The lowest BCUT2D eigenvalue weighted by Crippen LogP contribution is -2.28. The van der Waals surface area contributed by atoms with Crippen LogP contribution in [0.1, 0.15) is 31.0 Å². The monoisotopic (exact) mass is 369 g/mol. The van der Waals surface area contributed by atoms with Crippen LogP contribution in [0.2, 0.25) is 5.02 Å². The van der Waals surface area contributed by atoms with E-state index in [4.69, 9.17) is 11.6 Å². The van der Waals surface area contributed by atoms with Gasteiger partial charge in [-0.05, 0) is 42.7 Å². The highest BCUT2D eigenvalue weighted by atomic mass is 35.5. The molecule has 2 aromatic carbocycles. The van der Waals surface area contributed by atoms with Crippen LogP contribution in [0.4, 0.5) is 5.69 Å². The van der Waals surface area contributed by atoms with Gasteiger partial charge in [0.1, 0.15) is 17.4 Å². The zero-order valence-corrected chi connectivity index (χ0v) is 15.3. The summed E-state index contributed by atoms with van der Waals surface area (Å²) in [5.74, 6) is -0.540. The molecule has 134 valence electrons. The number of nitrogens with one attached hydrogen (secondary N) is 2. The fourth-order valence-corrected chi connectivity index (χ4v) is 2.49. The minimum Gasteiger partial charge on any atom is -0.506 e. The molecule has 1 atom stereocenters. The topological polar surface area (TPSA) is 85.2 Å². The molecular weight excluding hydrogens is 350 g/mol. The molecule has 6 heteroatoms. The predicted octanol–water partition coefficient (Wildman–Crippen LogP) is 4.30. The van der Waals surface area contributed by atoms with Crippen LogP contribution < -0.4 is 10.6 Å². The third kappa shape index (κ3) is 5.01. The number of hydrogen-bond donors (Lipinski definition) is 3. The number of nitrogens with zero attached hydrogens (tertiary/aromatic N) is 1. The highest BCUT2D eigenvalue weighted by Gasteiger charge is 2.14. The Morgan fingerprint density at radius 2 is 2.00 bits per heavy atom. The van der Waals surface area contributed by atoms with Crippen molar-refractivity contribution in [2.45, 2.75) is 26.3 Å². The molecule has 0 bridgehead atoms. The van der Waals surface area contributed by atoms with Crippen LogP contribution in [0.25, 0.3) is 0 Å². The van der Waals surface area contributed by atoms with E-state index in [0.717, 1.165) is 12.0 Å². The molecular formula is C20H20ClN3O2. The molecule has 1 amide bonds. The summed E-state index contributed by atoms with van der Waals surface area (Å²) in [4.78, 5) is 12.3. The number of nitriles is 1. The van der Waals surface area contributed by atoms with Gasteiger partial charge in [0.25, 0.3) is 5.91 Å². The number of aryl methyl sites for hydroxylation is 1. The molecule has 1 unspecified atom stereocenters. The summed E-state index contributed by atoms with van der Waals surface area (Å²) in [6.45, 7) is 3.93. The average molecular weight is 370 g/mol. The van der Waals surface area contributed by atoms with Gasteiger partial charge in [-0.25, -0.2) is 0 Å². The van der Waals surface area contributed by atoms with E-state index in [2.05, 4.69) is 17.6 Å². The van der Waals surface area contributed by atoms with Crippen LogP contribution in [0, 0.1) is 11.3 Å². The van der Waals surface area contributed by atoms with Gasteiger partial charge in [0, 0.05) is 11.2 Å². The number of amides is 1. The largest absolute Gasteiger partial charge is 0.506 e. The number of phenolic OH excluding ortho intramolecular Hbond substituents is 1. The molecule has 0 radical (unpaired) electrons. The van der Waals surface area contributed by atoms with Crippen LogP contribution >= 0.6 is 11.6 Å². The van der Waals surface area contributed by atoms with Crippen LogP contribution in [-0.4, -0.2) is 11.0 Å². The van der Waals surface area contributed by atoms with E-state index in [9.17, 15) is 15.2 Å². The predicted molar refractivity (Wildman–Crippen MR) is 103 cm³/mol. The minimum atomic E-state index is -0.506. The van der Waals surface area contributed by atoms with Gasteiger partial charge < -0.3 is 15.7 Å². The Labute approximate surface area is 157 Å². The Morgan fingerprint density at radius 1 is 1.31 bits per heavy atom. The van der Waals surface area contributed by atoms with E-state index < -0.39 is 5.91 Å². The van der Waals surface area contributed by atoms with Crippen LogP contribution in [0.15, 0.2) is 54.2 Å². The van der Waals surface area contributed by atoms with Crippen LogP contribution in [0.3, 0.4) is 0 Å². The van der Waals surface area contributed by atoms with Gasteiger partial charge in [-0.2, -0.15) is 5.26 Å². The first kappa shape index (κ1) is 19.4. The van der Waals surface area contributed by atoms with E-state index >= 15 is 0 Å². The summed E-state index contributed by atoms with van der Waals surface area (Å²) < 4.78 is 0. The first-order valence-corrected chi connectivity index (χ1v) is 8.57. The number of rotatable bonds is 6. The first-order chi connectivity index (χ1) is 12.4. The Hall–Kier alpha value is -2.97. The van der Waals surface area contributed by atoms with Gasteiger partial charge in [0.15, 0.2) is 0 Å². The smallest absolute Gasteiger partial charge is 0.263 e. The molecule has 0 aliphatic heterocycles. The summed E-state index contributed by atoms with van der Waals surface area (Å²) in [5, 5.41) is 24.9. The van der Waals surface area contributed by atoms with E-state index in [0.29, 0.717) is 10.7 Å². The second-order valence-corrected chi connectivity index (χ2v) is 6.20. The molecule has 0 aromatic heterocycles. The van der Waals surface area contributed by atoms with Crippen molar-refractivity contribution in [2.75, 3.05) is 5.32 Å². The SMILES string of the molecule is CCc1ccc(C(C)NC(=O)/C(C#N)=C\Nc2cc(Cl)ccc2O)cc1. The average Bonchev–Trinajstić information content (AvgIpc) is 2.64. The highest BCUT2D eigenvalue weighted by molar-refractivity contribution is 6.30. The number of carbonyl (C=O) groups excluding carboxylic acids is 1. The van der Waals surface area contributed by atoms with Crippen LogP contribution in [0.5, 0.6) is 5.75 Å². The Kier molecular flexibility index (Phi) is 6.65. The van der Waals surface area contributed by atoms with Gasteiger partial charge in [-0.15, -0.1) is 0 Å². The molecule has 2 aromatic rings. The number of carbonyl (C=O) groups is 1. The Bertz CT molecular complexity index is 854. The second kappa shape index (κ2) is 8.93. The summed E-state index contributed by atoms with van der Waals surface area (Å²) in [6.07, 6.45) is 2.19. The van der Waals surface area contributed by atoms with E-state index in [1.54, 1.807) is 0 Å². The fraction of sp³-hybridized carbons (Fsp3) is 0.200. The summed E-state index contributed by atoms with van der Waals surface area (Å²) in [6, 6.07) is 14.0. The zero-order chi connectivity index (χ0) is 19.1. The van der Waals surface area contributed by atoms with Gasteiger partial charge in [0.05, 0.1) is 11.7 Å². The van der Waals surface area contributed by atoms with Crippen molar-refractivity contribution >= 4 is 23.2 Å². The van der Waals surface area contributed by atoms with Crippen molar-refractivity contribution in [3.05, 3.63) is 70.4 Å². The molecule has 0 saturated heterocycles. The maximum atomic E-state index is 12.3. The van der Waals surface area contributed by atoms with E-state index in [-0.39, 0.29) is 17.4 Å². The number of phenols is 1. The van der Waals surface area contributed by atoms with Gasteiger partial charge in [-0.1, -0.05) is 42.8 Å². The first-order valence-electron chi connectivity index (χ1n) is 8.19. The molecule has 5 nitrogen and oxygen atoms in total. The molecule has 2 rings (SSSR count). The maximum Gasteiger partial charge on any atom is 0.263 e. The number of hydrogen-bond acceptors (Lipinski definition) is 4. The lowest BCUT2D eigenvalue weighted by Gasteiger charge is -2.14. The van der Waals surface area contributed by atoms with Crippen molar-refractivity contribution in [1.82, 2.24) is 5.32 Å². The fourth-order valence-electron chi connectivity index (χ4n) is 2.32. The summed E-state index contributed by atoms with van der Waals surface area (Å²) in [7, 11) is 0. The third-order valence-corrected chi connectivity index (χ3v) is 4.17. The molecule has 0 spiro atoms. The van der Waals surface area contributed by atoms with Crippen molar-refractivity contribution < 1.29 is 9.90 Å². The second-order valence-electron chi connectivity index (χ2n) is 5.77. The Morgan fingerprint density at radius 3 is 2.62 bits per heavy atom. The highest BCUT2D eigenvalue weighted by Crippen LogP contribution is 2.26. The lowest BCUT2D eigenvalue weighted by molar-refractivity contribution is -0.117. The van der Waals surface area contributed by atoms with Gasteiger partial charge in [-0.3, -0.25) is 4.79 Å². The Balaban J connectivity index is 2.07. The molecule has 26 heavy (non-hydrogen) atoms. The lowest BCUT2D eigenvalue weighted by atomic mass is 10.0.